The van der Waals surface area contributed by atoms with Crippen LogP contribution in [0.4, 0.5) is 0 Å². The Kier molecular flexibility index (Phi) is 7.13. The Labute approximate surface area is 84.5 Å². The molecular formula is C9H13ClMg. The molecule has 1 aromatic carbocycles. The van der Waals surface area contributed by atoms with E-state index >= 15 is 0 Å². The van der Waals surface area contributed by atoms with Crippen molar-refractivity contribution >= 4 is 32.8 Å². The highest BCUT2D eigenvalue weighted by atomic mass is 35.5. The van der Waals surface area contributed by atoms with Crippen LogP contribution < -0.4 is 0 Å². The minimum Gasteiger partial charge on any atom is -0.148 e. The lowest BCUT2D eigenvalue weighted by Crippen LogP contribution is -1.92. The Morgan fingerprint density at radius 2 is 1.82 bits per heavy atom. The van der Waals surface area contributed by atoms with E-state index < -0.39 is 0 Å². The molecule has 0 aliphatic carbocycles. The van der Waals surface area contributed by atoms with Crippen LogP contribution in [0.5, 0.6) is 0 Å². The van der Waals surface area contributed by atoms with E-state index in [0.29, 0.717) is 0 Å². The van der Waals surface area contributed by atoms with E-state index in [-0.39, 0.29) is 32.8 Å². The molecule has 0 spiro atoms. The number of benzene rings is 1. The van der Waals surface area contributed by atoms with Gasteiger partial charge in [-0.15, -0.1) is 21.5 Å². The molecule has 0 heterocycles. The van der Waals surface area contributed by atoms with E-state index in [2.05, 4.69) is 37.3 Å². The van der Waals surface area contributed by atoms with E-state index in [0.717, 1.165) is 0 Å². The number of hydrogen-bond acceptors (Lipinski definition) is 0. The van der Waals surface area contributed by atoms with Gasteiger partial charge in [-0.05, 0) is 0 Å². The first-order valence-electron chi connectivity index (χ1n) is 3.97. The zero-order valence-corrected chi connectivity index (χ0v) is 9.15. The lowest BCUT2D eigenvalue weighted by Gasteiger charge is -1.94. The van der Waals surface area contributed by atoms with Crippen molar-refractivity contribution in [1.29, 1.82) is 0 Å². The Hall–Kier alpha value is 0.276. The normalized spacial score (nSPS) is 8.09. The molecule has 0 fully saturated rings. The third-order valence-electron chi connectivity index (χ3n) is 1.66. The van der Waals surface area contributed by atoms with E-state index in [9.17, 15) is 0 Å². The third kappa shape index (κ3) is 4.67. The molecule has 0 amide bonds. The third-order valence-corrected chi connectivity index (χ3v) is 3.30. The fourth-order valence-corrected chi connectivity index (χ4v) is 2.12. The molecule has 0 saturated heterocycles. The first-order chi connectivity index (χ1) is 4.93. The van der Waals surface area contributed by atoms with Crippen molar-refractivity contribution in [2.45, 2.75) is 16.0 Å². The van der Waals surface area contributed by atoms with Gasteiger partial charge in [0.2, 0.25) is 0 Å². The zero-order chi connectivity index (χ0) is 7.23. The van der Waals surface area contributed by atoms with Crippen LogP contribution in [0.2, 0.25) is 4.55 Å². The van der Waals surface area contributed by atoms with Crippen molar-refractivity contribution in [1.82, 2.24) is 0 Å². The second-order valence-corrected chi connectivity index (χ2v) is 4.80. The molecular weight excluding hydrogens is 168 g/mol. The number of rotatable bonds is 3. The molecule has 0 bridgehead atoms. The fourth-order valence-electron chi connectivity index (χ4n) is 1.03. The molecule has 0 radical (unpaired) electrons. The first kappa shape index (κ1) is 11.3. The Morgan fingerprint density at radius 3 is 2.36 bits per heavy atom. The van der Waals surface area contributed by atoms with E-state index in [1.54, 1.807) is 0 Å². The molecule has 11 heavy (non-hydrogen) atoms. The Bertz CT molecular complexity index is 174. The van der Waals surface area contributed by atoms with Crippen LogP contribution >= 0.6 is 12.4 Å². The van der Waals surface area contributed by atoms with Gasteiger partial charge >= 0.3 is 20.4 Å². The maximum atomic E-state index is 2.29. The van der Waals surface area contributed by atoms with Gasteiger partial charge < -0.3 is 0 Å². The molecule has 2 heteroatoms. The minimum absolute atomic E-state index is 0. The van der Waals surface area contributed by atoms with Gasteiger partial charge in [0.05, 0.1) is 0 Å². The topological polar surface area (TPSA) is 0 Å². The highest BCUT2D eigenvalue weighted by Crippen LogP contribution is 1.98. The average Bonchev–Trinajstić information content (AvgIpc) is 2.03. The summed E-state index contributed by atoms with van der Waals surface area (Å²) in [6, 6.07) is 10.8. The summed E-state index contributed by atoms with van der Waals surface area (Å²) in [5.74, 6) is 0. The van der Waals surface area contributed by atoms with Crippen LogP contribution in [-0.2, 0) is 4.55 Å². The van der Waals surface area contributed by atoms with Crippen LogP contribution in [-0.4, -0.2) is 20.4 Å². The Morgan fingerprint density at radius 1 is 1.18 bits per heavy atom. The van der Waals surface area contributed by atoms with Crippen molar-refractivity contribution in [2.75, 3.05) is 0 Å². The fraction of sp³-hybridized carbons (Fsp3) is 0.333. The molecule has 1 rings (SSSR count). The number of hydrogen-bond donors (Lipinski definition) is 0. The largest absolute Gasteiger partial charge is 0.370 e. The maximum Gasteiger partial charge on any atom is 0.370 e. The predicted molar refractivity (Wildman–Crippen MR) is 53.6 cm³/mol. The van der Waals surface area contributed by atoms with Crippen LogP contribution in [0, 0.1) is 0 Å². The molecule has 1 aromatic rings. The SMILES string of the molecule is C[CH2][Mg][CH2]c1ccccc1.Cl. The van der Waals surface area contributed by atoms with Crippen molar-refractivity contribution in [3.63, 3.8) is 0 Å². The first-order valence-corrected chi connectivity index (χ1v) is 5.97. The summed E-state index contributed by atoms with van der Waals surface area (Å²) < 4.78 is 2.80. The van der Waals surface area contributed by atoms with Gasteiger partial charge in [0.25, 0.3) is 0 Å². The average molecular weight is 181 g/mol. The van der Waals surface area contributed by atoms with Gasteiger partial charge in [0.1, 0.15) is 0 Å². The van der Waals surface area contributed by atoms with Crippen LogP contribution in [0.3, 0.4) is 0 Å². The molecule has 0 aliphatic heterocycles. The predicted octanol–water partition coefficient (Wildman–Crippen LogP) is 2.75. The second-order valence-electron chi connectivity index (χ2n) is 2.59. The van der Waals surface area contributed by atoms with Gasteiger partial charge in [-0.2, -0.15) is 0 Å². The second kappa shape index (κ2) is 6.95. The van der Waals surface area contributed by atoms with E-state index in [4.69, 9.17) is 0 Å². The Balaban J connectivity index is 0.000001000. The molecule has 0 unspecified atom stereocenters. The molecule has 0 N–H and O–H groups in total. The summed E-state index contributed by atoms with van der Waals surface area (Å²) in [6.45, 7) is 2.29. The van der Waals surface area contributed by atoms with Crippen LogP contribution in [0.1, 0.15) is 12.5 Å². The molecule has 0 atom stereocenters. The van der Waals surface area contributed by atoms with Gasteiger partial charge in [-0.1, -0.05) is 42.8 Å². The van der Waals surface area contributed by atoms with Crippen molar-refractivity contribution in [3.05, 3.63) is 35.9 Å². The standard InChI is InChI=1S/C7H7.C2H5.ClH.Mg/c1-7-5-3-2-4-6-7;1-2;;/h2-6H,1H2;1H2,2H3;1H;. The zero-order valence-electron chi connectivity index (χ0n) is 6.92. The lowest BCUT2D eigenvalue weighted by atomic mass is 10.2. The van der Waals surface area contributed by atoms with Gasteiger partial charge in [-0.3, -0.25) is 0 Å². The van der Waals surface area contributed by atoms with E-state index in [1.807, 2.05) is 0 Å². The summed E-state index contributed by atoms with van der Waals surface area (Å²) in [4.78, 5) is 0. The van der Waals surface area contributed by atoms with Gasteiger partial charge in [-0.25, -0.2) is 0 Å². The lowest BCUT2D eigenvalue weighted by molar-refractivity contribution is 1.33. The van der Waals surface area contributed by atoms with Crippen LogP contribution in [0.25, 0.3) is 0 Å². The summed E-state index contributed by atoms with van der Waals surface area (Å²) in [5.41, 5.74) is 1.52. The smallest absolute Gasteiger partial charge is 0.148 e. The van der Waals surface area contributed by atoms with Gasteiger partial charge in [0.15, 0.2) is 0 Å². The summed E-state index contributed by atoms with van der Waals surface area (Å²) in [5, 5.41) is 0. The summed E-state index contributed by atoms with van der Waals surface area (Å²) in [6.07, 6.45) is 0. The van der Waals surface area contributed by atoms with E-state index in [1.165, 1.54) is 14.7 Å². The molecule has 0 aliphatic rings. The summed E-state index contributed by atoms with van der Waals surface area (Å²) in [7, 11) is 0. The van der Waals surface area contributed by atoms with Crippen molar-refractivity contribution in [3.8, 4) is 0 Å². The highest BCUT2D eigenvalue weighted by molar-refractivity contribution is 6.34. The van der Waals surface area contributed by atoms with Gasteiger partial charge in [0, 0.05) is 0 Å². The summed E-state index contributed by atoms with van der Waals surface area (Å²) >= 11 is 0.223. The quantitative estimate of drug-likeness (QED) is 0.628. The van der Waals surface area contributed by atoms with Crippen molar-refractivity contribution in [2.24, 2.45) is 0 Å². The monoisotopic (exact) mass is 180 g/mol. The molecule has 0 aromatic heterocycles. The van der Waals surface area contributed by atoms with Crippen molar-refractivity contribution < 1.29 is 0 Å². The molecule has 0 saturated carbocycles. The van der Waals surface area contributed by atoms with Crippen LogP contribution in [0.15, 0.2) is 30.3 Å². The molecule has 58 valence electrons. The molecule has 0 nitrogen and oxygen atoms in total. The number of halogens is 1. The highest BCUT2D eigenvalue weighted by Gasteiger charge is 1.92. The maximum absolute atomic E-state index is 2.29. The minimum atomic E-state index is 0.